The summed E-state index contributed by atoms with van der Waals surface area (Å²) >= 11 is 0. The lowest BCUT2D eigenvalue weighted by Gasteiger charge is -2.11. The Kier molecular flexibility index (Phi) is 5.42. The van der Waals surface area contributed by atoms with Gasteiger partial charge in [-0.2, -0.15) is 0 Å². The normalized spacial score (nSPS) is 11.4. The van der Waals surface area contributed by atoms with Crippen molar-refractivity contribution in [1.82, 2.24) is 15.0 Å². The Labute approximate surface area is 236 Å². The summed E-state index contributed by atoms with van der Waals surface area (Å²) < 4.78 is 6.41. The van der Waals surface area contributed by atoms with Gasteiger partial charge in [0, 0.05) is 33.0 Å². The van der Waals surface area contributed by atoms with Gasteiger partial charge in [-0.15, -0.1) is 0 Å². The summed E-state index contributed by atoms with van der Waals surface area (Å²) in [6, 6.07) is 47.3. The van der Waals surface area contributed by atoms with Crippen LogP contribution in [0.5, 0.6) is 0 Å². The van der Waals surface area contributed by atoms with E-state index < -0.39 is 0 Å². The van der Waals surface area contributed by atoms with Crippen LogP contribution >= 0.6 is 0 Å². The molecule has 0 fully saturated rings. The van der Waals surface area contributed by atoms with Gasteiger partial charge in [0.1, 0.15) is 11.1 Å². The van der Waals surface area contributed by atoms with Crippen molar-refractivity contribution in [2.45, 2.75) is 0 Å². The van der Waals surface area contributed by atoms with Gasteiger partial charge in [-0.25, -0.2) is 15.0 Å². The van der Waals surface area contributed by atoms with Gasteiger partial charge in [0.05, 0.1) is 16.9 Å². The van der Waals surface area contributed by atoms with Crippen LogP contribution < -0.4 is 0 Å². The molecule has 0 amide bonds. The summed E-state index contributed by atoms with van der Waals surface area (Å²) in [6.45, 7) is 0. The fourth-order valence-electron chi connectivity index (χ4n) is 5.50. The van der Waals surface area contributed by atoms with E-state index >= 15 is 0 Å². The van der Waals surface area contributed by atoms with Gasteiger partial charge in [0.15, 0.2) is 11.4 Å². The molecule has 0 atom stereocenters. The third-order valence-corrected chi connectivity index (χ3v) is 7.50. The zero-order valence-electron chi connectivity index (χ0n) is 22.0. The molecule has 4 nitrogen and oxygen atoms in total. The number of nitrogens with zero attached hydrogens (tertiary/aromatic N) is 3. The molecular formula is C37H23N3O. The molecule has 4 heteroatoms. The first-order valence-corrected chi connectivity index (χ1v) is 13.6. The zero-order chi connectivity index (χ0) is 27.2. The molecule has 0 radical (unpaired) electrons. The fraction of sp³-hybridized carbons (Fsp3) is 0. The predicted molar refractivity (Wildman–Crippen MR) is 166 cm³/mol. The molecule has 3 heterocycles. The SMILES string of the molecule is c1ccc(-c2cc(-c3ccc(-c4c5ccccc5nc5c4oc4ccccc45)cc3)nc(-c3ccccc3)n2)cc1. The number of hydrogen-bond donors (Lipinski definition) is 0. The molecular weight excluding hydrogens is 502 g/mol. The zero-order valence-corrected chi connectivity index (χ0v) is 22.0. The van der Waals surface area contributed by atoms with Crippen molar-refractivity contribution in [3.8, 4) is 45.0 Å². The summed E-state index contributed by atoms with van der Waals surface area (Å²) in [5.74, 6) is 0.704. The maximum absolute atomic E-state index is 6.41. The highest BCUT2D eigenvalue weighted by Gasteiger charge is 2.18. The van der Waals surface area contributed by atoms with Crippen LogP contribution in [0.25, 0.3) is 78.0 Å². The first-order chi connectivity index (χ1) is 20.3. The Morgan fingerprint density at radius 1 is 0.439 bits per heavy atom. The Morgan fingerprint density at radius 2 is 1.00 bits per heavy atom. The average molecular weight is 526 g/mol. The van der Waals surface area contributed by atoms with Gasteiger partial charge < -0.3 is 4.42 Å². The summed E-state index contributed by atoms with van der Waals surface area (Å²) in [6.07, 6.45) is 0. The largest absolute Gasteiger partial charge is 0.454 e. The first kappa shape index (κ1) is 23.3. The second-order valence-corrected chi connectivity index (χ2v) is 10.1. The third kappa shape index (κ3) is 4.05. The monoisotopic (exact) mass is 525 g/mol. The molecule has 8 aromatic rings. The molecule has 41 heavy (non-hydrogen) atoms. The Bertz CT molecular complexity index is 2130. The van der Waals surface area contributed by atoms with E-state index in [-0.39, 0.29) is 0 Å². The maximum Gasteiger partial charge on any atom is 0.162 e. The predicted octanol–water partition coefficient (Wildman–Crippen LogP) is 9.59. The van der Waals surface area contributed by atoms with Gasteiger partial charge in [0.2, 0.25) is 0 Å². The van der Waals surface area contributed by atoms with E-state index in [4.69, 9.17) is 19.4 Å². The number of pyridine rings is 1. The van der Waals surface area contributed by atoms with Crippen molar-refractivity contribution in [3.63, 3.8) is 0 Å². The minimum Gasteiger partial charge on any atom is -0.454 e. The number of benzene rings is 5. The van der Waals surface area contributed by atoms with Crippen molar-refractivity contribution in [1.29, 1.82) is 0 Å². The minimum absolute atomic E-state index is 0.704. The second-order valence-electron chi connectivity index (χ2n) is 10.1. The molecule has 0 saturated heterocycles. The molecule has 0 bridgehead atoms. The van der Waals surface area contributed by atoms with Crippen LogP contribution in [0.1, 0.15) is 0 Å². The van der Waals surface area contributed by atoms with Gasteiger partial charge >= 0.3 is 0 Å². The number of aromatic nitrogens is 3. The van der Waals surface area contributed by atoms with Crippen LogP contribution in [0.2, 0.25) is 0 Å². The summed E-state index contributed by atoms with van der Waals surface area (Å²) in [5, 5.41) is 2.08. The lowest BCUT2D eigenvalue weighted by atomic mass is 9.97. The highest BCUT2D eigenvalue weighted by Crippen LogP contribution is 2.40. The third-order valence-electron chi connectivity index (χ3n) is 7.50. The molecule has 0 aliphatic heterocycles. The van der Waals surface area contributed by atoms with E-state index in [2.05, 4.69) is 60.7 Å². The van der Waals surface area contributed by atoms with Crippen LogP contribution in [0.15, 0.2) is 144 Å². The standard InChI is InChI=1S/C37H23N3O/c1-3-11-24(12-4-1)31-23-32(40-37(39-31)27-13-5-2-6-14-27)25-19-21-26(22-20-25)34-28-15-7-9-17-30(28)38-35-29-16-8-10-18-33(29)41-36(34)35/h1-23H. The van der Waals surface area contributed by atoms with Crippen LogP contribution in [0.3, 0.4) is 0 Å². The van der Waals surface area contributed by atoms with E-state index in [0.717, 1.165) is 72.2 Å². The minimum atomic E-state index is 0.704. The van der Waals surface area contributed by atoms with E-state index in [1.54, 1.807) is 0 Å². The fourth-order valence-corrected chi connectivity index (χ4v) is 5.50. The Morgan fingerprint density at radius 3 is 1.73 bits per heavy atom. The lowest BCUT2D eigenvalue weighted by Crippen LogP contribution is -1.96. The molecule has 8 rings (SSSR count). The molecule has 0 unspecified atom stereocenters. The summed E-state index contributed by atoms with van der Waals surface area (Å²) in [5.41, 5.74) is 10.4. The average Bonchev–Trinajstić information content (AvgIpc) is 3.42. The Balaban J connectivity index is 1.30. The van der Waals surface area contributed by atoms with E-state index in [0.29, 0.717) is 5.82 Å². The van der Waals surface area contributed by atoms with Crippen molar-refractivity contribution < 1.29 is 4.42 Å². The molecule has 0 N–H and O–H groups in total. The number of para-hydroxylation sites is 2. The van der Waals surface area contributed by atoms with Gasteiger partial charge in [-0.1, -0.05) is 115 Å². The number of furan rings is 1. The lowest BCUT2D eigenvalue weighted by molar-refractivity contribution is 0.670. The van der Waals surface area contributed by atoms with Gasteiger partial charge in [-0.05, 0) is 29.8 Å². The molecule has 0 saturated carbocycles. The van der Waals surface area contributed by atoms with Gasteiger partial charge in [-0.3, -0.25) is 0 Å². The molecule has 0 spiro atoms. The second kappa shape index (κ2) is 9.54. The van der Waals surface area contributed by atoms with Gasteiger partial charge in [0.25, 0.3) is 0 Å². The smallest absolute Gasteiger partial charge is 0.162 e. The van der Waals surface area contributed by atoms with Crippen LogP contribution in [-0.4, -0.2) is 15.0 Å². The molecule has 0 aliphatic rings. The van der Waals surface area contributed by atoms with Crippen molar-refractivity contribution in [2.24, 2.45) is 0 Å². The topological polar surface area (TPSA) is 51.8 Å². The van der Waals surface area contributed by atoms with Crippen LogP contribution in [0, 0.1) is 0 Å². The van der Waals surface area contributed by atoms with E-state index in [1.165, 1.54) is 0 Å². The van der Waals surface area contributed by atoms with Crippen molar-refractivity contribution in [2.75, 3.05) is 0 Å². The van der Waals surface area contributed by atoms with Crippen molar-refractivity contribution >= 4 is 33.0 Å². The van der Waals surface area contributed by atoms with Crippen molar-refractivity contribution in [3.05, 3.63) is 140 Å². The number of hydrogen-bond acceptors (Lipinski definition) is 4. The maximum atomic E-state index is 6.41. The quantitative estimate of drug-likeness (QED) is 0.230. The summed E-state index contributed by atoms with van der Waals surface area (Å²) in [4.78, 5) is 14.9. The summed E-state index contributed by atoms with van der Waals surface area (Å²) in [7, 11) is 0. The first-order valence-electron chi connectivity index (χ1n) is 13.6. The molecule has 0 aliphatic carbocycles. The number of fused-ring (bicyclic) bond motifs is 4. The van der Waals surface area contributed by atoms with E-state index in [1.807, 2.05) is 78.9 Å². The Hall–Kier alpha value is -5.61. The highest BCUT2D eigenvalue weighted by atomic mass is 16.3. The molecule has 3 aromatic heterocycles. The highest BCUT2D eigenvalue weighted by molar-refractivity contribution is 6.14. The van der Waals surface area contributed by atoms with Crippen LogP contribution in [-0.2, 0) is 0 Å². The number of rotatable bonds is 4. The van der Waals surface area contributed by atoms with E-state index in [9.17, 15) is 0 Å². The van der Waals surface area contributed by atoms with Crippen LogP contribution in [0.4, 0.5) is 0 Å². The molecule has 192 valence electrons. The molecule has 5 aromatic carbocycles.